The fourth-order valence-electron chi connectivity index (χ4n) is 1.31. The van der Waals surface area contributed by atoms with Gasteiger partial charge in [-0.25, -0.2) is 4.79 Å². The lowest BCUT2D eigenvalue weighted by Gasteiger charge is -2.10. The molecule has 5 heteroatoms. The van der Waals surface area contributed by atoms with E-state index in [1.807, 2.05) is 0 Å². The first-order valence-corrected chi connectivity index (χ1v) is 5.19. The number of esters is 2. The van der Waals surface area contributed by atoms with Crippen molar-refractivity contribution in [3.8, 4) is 0 Å². The highest BCUT2D eigenvalue weighted by atomic mass is 16.5. The van der Waals surface area contributed by atoms with E-state index in [2.05, 4.69) is 10.1 Å². The summed E-state index contributed by atoms with van der Waals surface area (Å²) in [6.07, 6.45) is 0. The zero-order valence-corrected chi connectivity index (χ0v) is 9.86. The second kappa shape index (κ2) is 6.52. The van der Waals surface area contributed by atoms with Crippen LogP contribution in [0.25, 0.3) is 0 Å². The number of nitrogens with one attached hydrogen (secondary N) is 1. The molecule has 1 N–H and O–H groups in total. The van der Waals surface area contributed by atoms with Crippen LogP contribution in [-0.2, 0) is 14.3 Å². The summed E-state index contributed by atoms with van der Waals surface area (Å²) in [5.41, 5.74) is 1.12. The summed E-state index contributed by atoms with van der Waals surface area (Å²) in [6, 6.07) is 6.99. The van der Waals surface area contributed by atoms with Crippen molar-refractivity contribution < 1.29 is 19.1 Å². The van der Waals surface area contributed by atoms with Gasteiger partial charge in [-0.3, -0.25) is 4.79 Å². The molecule has 0 aliphatic rings. The number of hydrogen-bond acceptors (Lipinski definition) is 5. The SMILES string of the molecule is COC(=O)c1ccccc1NCCOC(C)=O. The van der Waals surface area contributed by atoms with Crippen molar-refractivity contribution in [2.75, 3.05) is 25.6 Å². The first-order chi connectivity index (χ1) is 8.15. The molecule has 0 saturated carbocycles. The standard InChI is InChI=1S/C12H15NO4/c1-9(14)17-8-7-13-11-6-4-3-5-10(11)12(15)16-2/h3-6,13H,7-8H2,1-2H3. The molecule has 0 fully saturated rings. The topological polar surface area (TPSA) is 64.6 Å². The van der Waals surface area contributed by atoms with Gasteiger partial charge in [0.1, 0.15) is 6.61 Å². The van der Waals surface area contributed by atoms with Crippen molar-refractivity contribution in [1.29, 1.82) is 0 Å². The maximum atomic E-state index is 11.4. The number of rotatable bonds is 5. The largest absolute Gasteiger partial charge is 0.465 e. The van der Waals surface area contributed by atoms with Crippen LogP contribution in [0.3, 0.4) is 0 Å². The highest BCUT2D eigenvalue weighted by Crippen LogP contribution is 2.15. The summed E-state index contributed by atoms with van der Waals surface area (Å²) < 4.78 is 9.43. The number of anilines is 1. The van der Waals surface area contributed by atoms with E-state index in [0.717, 1.165) is 0 Å². The number of ether oxygens (including phenoxy) is 2. The van der Waals surface area contributed by atoms with Crippen LogP contribution in [0.15, 0.2) is 24.3 Å². The van der Waals surface area contributed by atoms with E-state index < -0.39 is 5.97 Å². The average molecular weight is 237 g/mol. The molecule has 0 aliphatic carbocycles. The normalized spacial score (nSPS) is 9.53. The zero-order valence-electron chi connectivity index (χ0n) is 9.86. The first-order valence-electron chi connectivity index (χ1n) is 5.19. The third kappa shape index (κ3) is 4.14. The molecule has 0 aliphatic heterocycles. The Balaban J connectivity index is 2.58. The fourth-order valence-corrected chi connectivity index (χ4v) is 1.31. The van der Waals surface area contributed by atoms with Gasteiger partial charge in [0, 0.05) is 19.2 Å². The lowest BCUT2D eigenvalue weighted by atomic mass is 10.2. The molecular weight excluding hydrogens is 222 g/mol. The van der Waals surface area contributed by atoms with Gasteiger partial charge in [-0.1, -0.05) is 12.1 Å². The Morgan fingerprint density at radius 1 is 1.29 bits per heavy atom. The third-order valence-corrected chi connectivity index (χ3v) is 2.06. The summed E-state index contributed by atoms with van der Waals surface area (Å²) in [7, 11) is 1.33. The second-order valence-electron chi connectivity index (χ2n) is 3.30. The van der Waals surface area contributed by atoms with Crippen molar-refractivity contribution in [2.45, 2.75) is 6.92 Å². The van der Waals surface area contributed by atoms with Crippen molar-refractivity contribution in [3.63, 3.8) is 0 Å². The molecule has 1 aromatic carbocycles. The predicted octanol–water partition coefficient (Wildman–Crippen LogP) is 1.45. The molecular formula is C12H15NO4. The van der Waals surface area contributed by atoms with Crippen LogP contribution in [0.2, 0.25) is 0 Å². The highest BCUT2D eigenvalue weighted by Gasteiger charge is 2.10. The van der Waals surface area contributed by atoms with E-state index in [1.165, 1.54) is 14.0 Å². The Kier molecular flexibility index (Phi) is 5.00. The Morgan fingerprint density at radius 2 is 2.00 bits per heavy atom. The van der Waals surface area contributed by atoms with Crippen LogP contribution in [-0.4, -0.2) is 32.2 Å². The predicted molar refractivity (Wildman–Crippen MR) is 62.9 cm³/mol. The molecule has 0 radical (unpaired) electrons. The molecule has 5 nitrogen and oxygen atoms in total. The minimum absolute atomic E-state index is 0.255. The van der Waals surface area contributed by atoms with Gasteiger partial charge >= 0.3 is 11.9 Å². The monoisotopic (exact) mass is 237 g/mol. The van der Waals surface area contributed by atoms with E-state index in [4.69, 9.17) is 4.74 Å². The van der Waals surface area contributed by atoms with Crippen molar-refractivity contribution in [2.24, 2.45) is 0 Å². The maximum Gasteiger partial charge on any atom is 0.339 e. The van der Waals surface area contributed by atoms with Gasteiger partial charge in [0.2, 0.25) is 0 Å². The minimum Gasteiger partial charge on any atom is -0.465 e. The van der Waals surface area contributed by atoms with Crippen LogP contribution in [0.5, 0.6) is 0 Å². The summed E-state index contributed by atoms with van der Waals surface area (Å²) >= 11 is 0. The van der Waals surface area contributed by atoms with Crippen molar-refractivity contribution in [3.05, 3.63) is 29.8 Å². The van der Waals surface area contributed by atoms with E-state index in [9.17, 15) is 9.59 Å². The molecule has 1 aromatic rings. The smallest absolute Gasteiger partial charge is 0.339 e. The molecule has 0 aromatic heterocycles. The number of carbonyl (C=O) groups excluding carboxylic acids is 2. The number of benzene rings is 1. The number of para-hydroxylation sites is 1. The van der Waals surface area contributed by atoms with Crippen LogP contribution >= 0.6 is 0 Å². The summed E-state index contributed by atoms with van der Waals surface area (Å²) in [5.74, 6) is -0.728. The van der Waals surface area contributed by atoms with Crippen LogP contribution in [0.1, 0.15) is 17.3 Å². The van der Waals surface area contributed by atoms with Gasteiger partial charge in [-0.05, 0) is 12.1 Å². The molecule has 0 spiro atoms. The van der Waals surface area contributed by atoms with Crippen LogP contribution in [0, 0.1) is 0 Å². The second-order valence-corrected chi connectivity index (χ2v) is 3.30. The number of hydrogen-bond donors (Lipinski definition) is 1. The van der Waals surface area contributed by atoms with Gasteiger partial charge in [0.15, 0.2) is 0 Å². The van der Waals surface area contributed by atoms with Crippen molar-refractivity contribution >= 4 is 17.6 Å². The van der Waals surface area contributed by atoms with Crippen LogP contribution in [0.4, 0.5) is 5.69 Å². The molecule has 0 unspecified atom stereocenters. The fraction of sp³-hybridized carbons (Fsp3) is 0.333. The third-order valence-electron chi connectivity index (χ3n) is 2.06. The molecule has 0 bridgehead atoms. The Morgan fingerprint density at radius 3 is 2.65 bits per heavy atom. The van der Waals surface area contributed by atoms with Gasteiger partial charge in [-0.15, -0.1) is 0 Å². The average Bonchev–Trinajstić information content (AvgIpc) is 2.34. The zero-order chi connectivity index (χ0) is 12.7. The molecule has 0 atom stereocenters. The molecule has 0 heterocycles. The van der Waals surface area contributed by atoms with Crippen LogP contribution < -0.4 is 5.32 Å². The first kappa shape index (κ1) is 13.0. The van der Waals surface area contributed by atoms with E-state index in [0.29, 0.717) is 17.8 Å². The quantitative estimate of drug-likeness (QED) is 0.620. The van der Waals surface area contributed by atoms with Crippen molar-refractivity contribution in [1.82, 2.24) is 0 Å². The Bertz CT molecular complexity index is 403. The summed E-state index contributed by atoms with van der Waals surface area (Å²) in [5, 5.41) is 3.01. The lowest BCUT2D eigenvalue weighted by molar-refractivity contribution is -0.140. The molecule has 0 amide bonds. The summed E-state index contributed by atoms with van der Waals surface area (Å²) in [4.78, 5) is 22.0. The van der Waals surface area contributed by atoms with E-state index in [1.54, 1.807) is 24.3 Å². The minimum atomic E-state index is -0.402. The molecule has 17 heavy (non-hydrogen) atoms. The van der Waals surface area contributed by atoms with E-state index >= 15 is 0 Å². The lowest BCUT2D eigenvalue weighted by Crippen LogP contribution is -2.14. The highest BCUT2D eigenvalue weighted by molar-refractivity contribution is 5.95. The number of carbonyl (C=O) groups is 2. The van der Waals surface area contributed by atoms with Gasteiger partial charge in [0.05, 0.1) is 12.7 Å². The molecule has 0 saturated heterocycles. The maximum absolute atomic E-state index is 11.4. The molecule has 92 valence electrons. The van der Waals surface area contributed by atoms with E-state index in [-0.39, 0.29) is 12.6 Å². The Hall–Kier alpha value is -2.04. The van der Waals surface area contributed by atoms with Gasteiger partial charge < -0.3 is 14.8 Å². The number of methoxy groups -OCH3 is 1. The molecule has 1 rings (SSSR count). The summed E-state index contributed by atoms with van der Waals surface area (Å²) in [6.45, 7) is 2.04. The van der Waals surface area contributed by atoms with Gasteiger partial charge in [0.25, 0.3) is 0 Å². The van der Waals surface area contributed by atoms with Gasteiger partial charge in [-0.2, -0.15) is 0 Å². The Labute approximate surface area is 99.7 Å².